The number of halogens is 1. The Morgan fingerprint density at radius 1 is 1.13 bits per heavy atom. The maximum Gasteiger partial charge on any atom is 0.312 e. The first kappa shape index (κ1) is 25.4. The Morgan fingerprint density at radius 2 is 1.95 bits per heavy atom. The van der Waals surface area contributed by atoms with Crippen LogP contribution in [0, 0.1) is 0 Å². The van der Waals surface area contributed by atoms with Crippen LogP contribution in [0.4, 0.5) is 4.79 Å². The number of thioether (sulfide) groups is 1. The van der Waals surface area contributed by atoms with Crippen molar-refractivity contribution in [2.24, 2.45) is 5.10 Å². The summed E-state index contributed by atoms with van der Waals surface area (Å²) in [4.78, 5) is 35.7. The molecule has 1 saturated heterocycles. The third kappa shape index (κ3) is 4.99. The zero-order chi connectivity index (χ0) is 27.1. The maximum absolute atomic E-state index is 12.5. The van der Waals surface area contributed by atoms with Crippen molar-refractivity contribution < 1.29 is 28.6 Å². The SMILES string of the molecule is COc1cc([C@H]2Oc3ccc(Br)cc3[C@@H]3CC(c4ccccc4)=NN23)ccc1OC(=O)C[C@H]1SC(=O)NC1=O. The van der Waals surface area contributed by atoms with Gasteiger partial charge in [0.2, 0.25) is 12.1 Å². The van der Waals surface area contributed by atoms with E-state index in [0.717, 1.165) is 50.8 Å². The number of imide groups is 1. The molecule has 11 heteroatoms. The molecule has 0 aliphatic carbocycles. The van der Waals surface area contributed by atoms with Crippen molar-refractivity contribution in [3.05, 3.63) is 87.9 Å². The van der Waals surface area contributed by atoms with Gasteiger partial charge >= 0.3 is 5.97 Å². The molecule has 2 amide bonds. The van der Waals surface area contributed by atoms with Crippen LogP contribution < -0.4 is 19.5 Å². The molecule has 0 aromatic heterocycles. The van der Waals surface area contributed by atoms with Gasteiger partial charge in [0.25, 0.3) is 5.24 Å². The van der Waals surface area contributed by atoms with Gasteiger partial charge in [-0.25, -0.2) is 5.01 Å². The number of benzene rings is 3. The van der Waals surface area contributed by atoms with E-state index in [1.54, 1.807) is 18.2 Å². The highest BCUT2D eigenvalue weighted by Crippen LogP contribution is 2.49. The molecule has 0 radical (unpaired) electrons. The maximum atomic E-state index is 12.5. The van der Waals surface area contributed by atoms with Crippen LogP contribution in [0.1, 0.15) is 41.8 Å². The molecule has 198 valence electrons. The Labute approximate surface area is 236 Å². The van der Waals surface area contributed by atoms with E-state index in [1.807, 2.05) is 47.5 Å². The second-order valence-electron chi connectivity index (χ2n) is 9.14. The second kappa shape index (κ2) is 10.4. The van der Waals surface area contributed by atoms with Gasteiger partial charge in [-0.1, -0.05) is 58.0 Å². The van der Waals surface area contributed by atoms with Gasteiger partial charge in [0.05, 0.1) is 25.3 Å². The molecule has 3 aromatic rings. The summed E-state index contributed by atoms with van der Waals surface area (Å²) < 4.78 is 18.5. The van der Waals surface area contributed by atoms with E-state index >= 15 is 0 Å². The topological polar surface area (TPSA) is 107 Å². The summed E-state index contributed by atoms with van der Waals surface area (Å²) in [6.07, 6.45) is -0.0688. The van der Waals surface area contributed by atoms with Gasteiger partial charge < -0.3 is 14.2 Å². The standard InChI is InChI=1S/C28H22BrN3O6S/c1-36-23-11-16(7-9-22(23)37-25(33)14-24-26(34)30-28(35)39-24)27-32-20(18-12-17(29)8-10-21(18)38-27)13-19(31-32)15-5-3-2-4-6-15/h2-12,20,24,27H,13-14H2,1H3,(H,30,34,35)/t20-,24+,27+/m0/s1. The number of ether oxygens (including phenoxy) is 3. The number of nitrogens with one attached hydrogen (secondary N) is 1. The average Bonchev–Trinajstić information content (AvgIpc) is 3.52. The number of hydrazone groups is 1. The van der Waals surface area contributed by atoms with E-state index in [0.29, 0.717) is 5.75 Å². The number of rotatable bonds is 6. The zero-order valence-electron chi connectivity index (χ0n) is 20.6. The molecule has 3 aliphatic heterocycles. The third-order valence-electron chi connectivity index (χ3n) is 6.67. The first-order chi connectivity index (χ1) is 18.9. The Bertz CT molecular complexity index is 1510. The summed E-state index contributed by atoms with van der Waals surface area (Å²) in [6, 6.07) is 21.2. The fraction of sp³-hybridized carbons (Fsp3) is 0.214. The summed E-state index contributed by atoms with van der Waals surface area (Å²) in [5.74, 6) is 0.154. The van der Waals surface area contributed by atoms with E-state index in [1.165, 1.54) is 7.11 Å². The van der Waals surface area contributed by atoms with Gasteiger partial charge in [-0.05, 0) is 42.0 Å². The quantitative estimate of drug-likeness (QED) is 0.295. The van der Waals surface area contributed by atoms with Gasteiger partial charge in [0.15, 0.2) is 11.5 Å². The summed E-state index contributed by atoms with van der Waals surface area (Å²) >= 11 is 4.36. The first-order valence-electron chi connectivity index (χ1n) is 12.2. The molecule has 39 heavy (non-hydrogen) atoms. The summed E-state index contributed by atoms with van der Waals surface area (Å²) in [6.45, 7) is 0. The van der Waals surface area contributed by atoms with Crippen molar-refractivity contribution in [1.82, 2.24) is 10.3 Å². The zero-order valence-corrected chi connectivity index (χ0v) is 23.0. The number of carbonyl (C=O) groups excluding carboxylic acids is 3. The van der Waals surface area contributed by atoms with Crippen molar-refractivity contribution in [1.29, 1.82) is 0 Å². The molecule has 1 fully saturated rings. The molecule has 0 unspecified atom stereocenters. The molecule has 0 saturated carbocycles. The van der Waals surface area contributed by atoms with Gasteiger partial charge in [0.1, 0.15) is 11.0 Å². The minimum Gasteiger partial charge on any atom is -0.493 e. The lowest BCUT2D eigenvalue weighted by molar-refractivity contribution is -0.136. The molecule has 0 spiro atoms. The van der Waals surface area contributed by atoms with Crippen LogP contribution in [-0.2, 0) is 9.59 Å². The third-order valence-corrected chi connectivity index (χ3v) is 8.15. The monoisotopic (exact) mass is 607 g/mol. The van der Waals surface area contributed by atoms with Crippen LogP contribution in [0.5, 0.6) is 17.2 Å². The van der Waals surface area contributed by atoms with Crippen LogP contribution in [0.15, 0.2) is 76.3 Å². The molecule has 3 heterocycles. The normalized spacial score (nSPS) is 21.4. The number of carbonyl (C=O) groups is 3. The van der Waals surface area contributed by atoms with Gasteiger partial charge in [-0.2, -0.15) is 5.10 Å². The highest BCUT2D eigenvalue weighted by atomic mass is 79.9. The summed E-state index contributed by atoms with van der Waals surface area (Å²) in [5, 5.41) is 7.82. The number of hydrogen-bond acceptors (Lipinski definition) is 9. The minimum absolute atomic E-state index is 0.0345. The van der Waals surface area contributed by atoms with Crippen molar-refractivity contribution in [2.45, 2.75) is 30.4 Å². The van der Waals surface area contributed by atoms with Crippen molar-refractivity contribution in [2.75, 3.05) is 7.11 Å². The van der Waals surface area contributed by atoms with Crippen LogP contribution in [-0.4, -0.2) is 40.2 Å². The molecular formula is C28H22BrN3O6S. The van der Waals surface area contributed by atoms with Crippen LogP contribution in [0.3, 0.4) is 0 Å². The lowest BCUT2D eigenvalue weighted by Crippen LogP contribution is -2.33. The Kier molecular flexibility index (Phi) is 6.78. The molecule has 3 aliphatic rings. The first-order valence-corrected chi connectivity index (χ1v) is 13.8. The molecule has 6 rings (SSSR count). The van der Waals surface area contributed by atoms with Crippen LogP contribution in [0.25, 0.3) is 0 Å². The number of fused-ring (bicyclic) bond motifs is 3. The lowest BCUT2D eigenvalue weighted by Gasteiger charge is -2.38. The average molecular weight is 608 g/mol. The number of methoxy groups -OCH3 is 1. The molecule has 3 atom stereocenters. The highest BCUT2D eigenvalue weighted by molar-refractivity contribution is 9.10. The fourth-order valence-electron chi connectivity index (χ4n) is 4.85. The molecular weight excluding hydrogens is 586 g/mol. The van der Waals surface area contributed by atoms with Crippen molar-refractivity contribution in [3.8, 4) is 17.2 Å². The van der Waals surface area contributed by atoms with Crippen LogP contribution >= 0.6 is 27.7 Å². The number of amides is 2. The molecule has 9 nitrogen and oxygen atoms in total. The van der Waals surface area contributed by atoms with Gasteiger partial charge in [0, 0.05) is 22.0 Å². The minimum atomic E-state index is -0.810. The largest absolute Gasteiger partial charge is 0.493 e. The summed E-state index contributed by atoms with van der Waals surface area (Å²) in [7, 11) is 1.48. The Morgan fingerprint density at radius 3 is 2.69 bits per heavy atom. The predicted molar refractivity (Wildman–Crippen MR) is 148 cm³/mol. The van der Waals surface area contributed by atoms with Gasteiger partial charge in [-0.3, -0.25) is 19.7 Å². The molecule has 3 aromatic carbocycles. The molecule has 0 bridgehead atoms. The van der Waals surface area contributed by atoms with Crippen LogP contribution in [0.2, 0.25) is 0 Å². The van der Waals surface area contributed by atoms with Gasteiger partial charge in [-0.15, -0.1) is 0 Å². The Hall–Kier alpha value is -3.83. The number of nitrogens with zero attached hydrogens (tertiary/aromatic N) is 2. The van der Waals surface area contributed by atoms with Crippen molar-refractivity contribution >= 4 is 50.5 Å². The Balaban J connectivity index is 1.29. The number of hydrogen-bond donors (Lipinski definition) is 1. The summed E-state index contributed by atoms with van der Waals surface area (Å²) in [5.41, 5.74) is 3.82. The fourth-order valence-corrected chi connectivity index (χ4v) is 6.03. The molecule has 1 N–H and O–H groups in total. The predicted octanol–water partition coefficient (Wildman–Crippen LogP) is 5.35. The van der Waals surface area contributed by atoms with E-state index < -0.39 is 28.6 Å². The van der Waals surface area contributed by atoms with Crippen molar-refractivity contribution in [3.63, 3.8) is 0 Å². The highest BCUT2D eigenvalue weighted by Gasteiger charge is 2.41. The number of esters is 1. The van der Waals surface area contributed by atoms with E-state index in [4.69, 9.17) is 19.3 Å². The smallest absolute Gasteiger partial charge is 0.312 e. The second-order valence-corrected chi connectivity index (χ2v) is 11.2. The van der Waals surface area contributed by atoms with E-state index in [9.17, 15) is 14.4 Å². The van der Waals surface area contributed by atoms with E-state index in [-0.39, 0.29) is 18.2 Å². The van der Waals surface area contributed by atoms with E-state index in [2.05, 4.69) is 27.3 Å². The lowest BCUT2D eigenvalue weighted by atomic mass is 9.96.